The molecule has 0 spiro atoms. The number of alkyl halides is 1. The van der Waals surface area contributed by atoms with Crippen molar-refractivity contribution in [2.24, 2.45) is 5.92 Å². The normalized spacial score (nSPS) is 25.7. The summed E-state index contributed by atoms with van der Waals surface area (Å²) in [6.07, 6.45) is 6.54. The van der Waals surface area contributed by atoms with Gasteiger partial charge in [-0.1, -0.05) is 13.8 Å². The number of hydrogen-bond donors (Lipinski definition) is 0. The second-order valence-electron chi connectivity index (χ2n) is 5.81. The van der Waals surface area contributed by atoms with Gasteiger partial charge in [0.15, 0.2) is 0 Å². The zero-order chi connectivity index (χ0) is 13.8. The number of nitrogens with zero attached hydrogens (tertiary/aromatic N) is 2. The Morgan fingerprint density at radius 3 is 2.63 bits per heavy atom. The first-order chi connectivity index (χ1) is 9.15. The number of aromatic nitrogens is 1. The van der Waals surface area contributed by atoms with Crippen molar-refractivity contribution < 1.29 is 0 Å². The summed E-state index contributed by atoms with van der Waals surface area (Å²) in [5.74, 6) is 1.44. The summed E-state index contributed by atoms with van der Waals surface area (Å²) in [6, 6.07) is 1.19. The zero-order valence-corrected chi connectivity index (χ0v) is 13.8. The number of hydrogen-bond acceptors (Lipinski definition) is 3. The average Bonchev–Trinajstić information content (AvgIpc) is 2.89. The molecule has 1 aromatic heterocycles. The van der Waals surface area contributed by atoms with Gasteiger partial charge in [-0.3, -0.25) is 4.90 Å². The molecule has 0 bridgehead atoms. The van der Waals surface area contributed by atoms with Gasteiger partial charge in [-0.05, 0) is 45.1 Å². The molecule has 0 saturated heterocycles. The third-order valence-electron chi connectivity index (χ3n) is 4.43. The van der Waals surface area contributed by atoms with Crippen LogP contribution in [0.1, 0.15) is 62.7 Å². The summed E-state index contributed by atoms with van der Waals surface area (Å²) in [4.78, 5) is 7.23. The monoisotopic (exact) mass is 300 g/mol. The van der Waals surface area contributed by atoms with E-state index in [0.29, 0.717) is 11.9 Å². The van der Waals surface area contributed by atoms with Gasteiger partial charge in [0, 0.05) is 11.4 Å². The van der Waals surface area contributed by atoms with Crippen LogP contribution in [0.5, 0.6) is 0 Å². The van der Waals surface area contributed by atoms with E-state index in [4.69, 9.17) is 11.6 Å². The Kier molecular flexibility index (Phi) is 5.67. The molecule has 2 nitrogen and oxygen atoms in total. The van der Waals surface area contributed by atoms with Crippen LogP contribution >= 0.6 is 22.9 Å². The summed E-state index contributed by atoms with van der Waals surface area (Å²) in [5.41, 5.74) is 1.02. The number of rotatable bonds is 5. The molecule has 19 heavy (non-hydrogen) atoms. The fraction of sp³-hybridized carbons (Fsp3) is 0.800. The lowest BCUT2D eigenvalue weighted by molar-refractivity contribution is 0.120. The molecule has 1 aliphatic rings. The largest absolute Gasteiger partial charge is 0.294 e. The molecule has 1 unspecified atom stereocenters. The maximum absolute atomic E-state index is 5.86. The van der Waals surface area contributed by atoms with Crippen molar-refractivity contribution in [1.29, 1.82) is 0 Å². The third kappa shape index (κ3) is 3.71. The Bertz CT molecular complexity index is 385. The predicted octanol–water partition coefficient (Wildman–Crippen LogP) is 4.84. The predicted molar refractivity (Wildman–Crippen MR) is 83.9 cm³/mol. The van der Waals surface area contributed by atoms with Gasteiger partial charge in [-0.2, -0.15) is 0 Å². The van der Waals surface area contributed by atoms with Crippen molar-refractivity contribution in [2.45, 2.75) is 63.9 Å². The topological polar surface area (TPSA) is 16.1 Å². The Morgan fingerprint density at radius 2 is 2.11 bits per heavy atom. The van der Waals surface area contributed by atoms with Gasteiger partial charge < -0.3 is 0 Å². The van der Waals surface area contributed by atoms with Crippen LogP contribution in [0.3, 0.4) is 0 Å². The minimum Gasteiger partial charge on any atom is -0.294 e. The van der Waals surface area contributed by atoms with E-state index in [-0.39, 0.29) is 0 Å². The van der Waals surface area contributed by atoms with E-state index in [1.807, 2.05) is 0 Å². The Hall–Kier alpha value is -0.120. The molecule has 1 aliphatic carbocycles. The molecule has 1 fully saturated rings. The van der Waals surface area contributed by atoms with Gasteiger partial charge in [0.2, 0.25) is 0 Å². The van der Waals surface area contributed by atoms with E-state index < -0.39 is 0 Å². The van der Waals surface area contributed by atoms with Crippen molar-refractivity contribution >= 4 is 22.9 Å². The van der Waals surface area contributed by atoms with Crippen LogP contribution < -0.4 is 0 Å². The zero-order valence-electron chi connectivity index (χ0n) is 12.2. The van der Waals surface area contributed by atoms with Gasteiger partial charge in [0.25, 0.3) is 0 Å². The molecule has 4 heteroatoms. The van der Waals surface area contributed by atoms with E-state index in [1.54, 1.807) is 11.3 Å². The van der Waals surface area contributed by atoms with Crippen molar-refractivity contribution in [1.82, 2.24) is 9.88 Å². The van der Waals surface area contributed by atoms with E-state index in [0.717, 1.165) is 24.1 Å². The summed E-state index contributed by atoms with van der Waals surface area (Å²) >= 11 is 7.63. The van der Waals surface area contributed by atoms with Crippen molar-refractivity contribution in [2.75, 3.05) is 7.05 Å². The second kappa shape index (κ2) is 7.05. The van der Waals surface area contributed by atoms with Crippen LogP contribution in [0.25, 0.3) is 0 Å². The van der Waals surface area contributed by atoms with Gasteiger partial charge >= 0.3 is 0 Å². The van der Waals surface area contributed by atoms with Crippen LogP contribution in [0, 0.1) is 5.92 Å². The smallest absolute Gasteiger partial charge is 0.110 e. The van der Waals surface area contributed by atoms with Crippen molar-refractivity contribution in [3.63, 3.8) is 0 Å². The standard InChI is InChI=1S/C15H25ClN2S/c1-4-14(15-17-12(9-16)10-19-15)18(3)13-7-5-11(2)6-8-13/h10-11,13-14H,4-9H2,1-3H3. The molecule has 0 radical (unpaired) electrons. The second-order valence-corrected chi connectivity index (χ2v) is 6.97. The first-order valence-corrected chi connectivity index (χ1v) is 8.79. The van der Waals surface area contributed by atoms with Crippen LogP contribution in [-0.2, 0) is 5.88 Å². The molecule has 2 rings (SSSR count). The van der Waals surface area contributed by atoms with Crippen LogP contribution in [0.15, 0.2) is 5.38 Å². The molecule has 1 saturated carbocycles. The molecular formula is C15H25ClN2S. The first kappa shape index (κ1) is 15.3. The minimum absolute atomic E-state index is 0.459. The van der Waals surface area contributed by atoms with Crippen LogP contribution in [0.4, 0.5) is 0 Å². The van der Waals surface area contributed by atoms with E-state index in [9.17, 15) is 0 Å². The molecular weight excluding hydrogens is 276 g/mol. The lowest BCUT2D eigenvalue weighted by atomic mass is 9.86. The van der Waals surface area contributed by atoms with Crippen molar-refractivity contribution in [3.8, 4) is 0 Å². The van der Waals surface area contributed by atoms with E-state index in [2.05, 4.69) is 36.2 Å². The molecule has 1 heterocycles. The summed E-state index contributed by atoms with van der Waals surface area (Å²) in [6.45, 7) is 4.63. The number of halogens is 1. The van der Waals surface area contributed by atoms with Crippen LogP contribution in [0.2, 0.25) is 0 Å². The molecule has 0 aromatic carbocycles. The lowest BCUT2D eigenvalue weighted by Crippen LogP contribution is -2.37. The summed E-state index contributed by atoms with van der Waals surface area (Å²) < 4.78 is 0. The lowest BCUT2D eigenvalue weighted by Gasteiger charge is -2.37. The highest BCUT2D eigenvalue weighted by atomic mass is 35.5. The molecule has 1 aromatic rings. The maximum Gasteiger partial charge on any atom is 0.110 e. The number of thiazole rings is 1. The summed E-state index contributed by atoms with van der Waals surface area (Å²) in [5, 5.41) is 3.33. The van der Waals surface area contributed by atoms with Crippen molar-refractivity contribution in [3.05, 3.63) is 16.1 Å². The maximum atomic E-state index is 5.86. The fourth-order valence-corrected chi connectivity index (χ4v) is 4.36. The molecule has 0 aliphatic heterocycles. The Balaban J connectivity index is 2.04. The van der Waals surface area contributed by atoms with Gasteiger partial charge in [0.1, 0.15) is 5.01 Å². The average molecular weight is 301 g/mol. The van der Waals surface area contributed by atoms with E-state index in [1.165, 1.54) is 30.7 Å². The quantitative estimate of drug-likeness (QED) is 0.723. The highest BCUT2D eigenvalue weighted by molar-refractivity contribution is 7.09. The van der Waals surface area contributed by atoms with Gasteiger partial charge in [-0.15, -0.1) is 22.9 Å². The first-order valence-electron chi connectivity index (χ1n) is 7.37. The Labute approximate surface area is 126 Å². The SMILES string of the molecule is CCC(c1nc(CCl)cs1)N(C)C1CCC(C)CC1. The highest BCUT2D eigenvalue weighted by Gasteiger charge is 2.28. The Morgan fingerprint density at radius 1 is 1.42 bits per heavy atom. The van der Waals surface area contributed by atoms with Crippen LogP contribution in [-0.4, -0.2) is 23.0 Å². The molecule has 108 valence electrons. The fourth-order valence-electron chi connectivity index (χ4n) is 3.08. The third-order valence-corrected chi connectivity index (χ3v) is 5.70. The minimum atomic E-state index is 0.459. The molecule has 0 N–H and O–H groups in total. The van der Waals surface area contributed by atoms with Gasteiger partial charge in [-0.25, -0.2) is 4.98 Å². The van der Waals surface area contributed by atoms with E-state index >= 15 is 0 Å². The highest BCUT2D eigenvalue weighted by Crippen LogP contribution is 2.34. The molecule has 1 atom stereocenters. The van der Waals surface area contributed by atoms with Gasteiger partial charge in [0.05, 0.1) is 17.6 Å². The molecule has 0 amide bonds. The summed E-state index contributed by atoms with van der Waals surface area (Å²) in [7, 11) is 2.27.